The quantitative estimate of drug-likeness (QED) is 0.307. The topological polar surface area (TPSA) is 111 Å². The minimum Gasteiger partial charge on any atom is -0.348 e. The van der Waals surface area contributed by atoms with Crippen LogP contribution in [0.4, 0.5) is 0 Å². The van der Waals surface area contributed by atoms with E-state index in [0.717, 1.165) is 16.9 Å². The fourth-order valence-corrected chi connectivity index (χ4v) is 5.60. The van der Waals surface area contributed by atoms with Gasteiger partial charge in [0.2, 0.25) is 0 Å². The second-order valence-corrected chi connectivity index (χ2v) is 11.7. The van der Waals surface area contributed by atoms with Gasteiger partial charge in [0.05, 0.1) is 16.3 Å². The summed E-state index contributed by atoms with van der Waals surface area (Å²) in [5.41, 5.74) is 4.23. The highest BCUT2D eigenvalue weighted by Crippen LogP contribution is 2.22. The van der Waals surface area contributed by atoms with Crippen molar-refractivity contribution in [3.63, 3.8) is 0 Å². The Morgan fingerprint density at radius 3 is 2.60 bits per heavy atom. The van der Waals surface area contributed by atoms with Gasteiger partial charge in [-0.3, -0.25) is 14.5 Å². The van der Waals surface area contributed by atoms with E-state index in [1.54, 1.807) is 42.5 Å². The van der Waals surface area contributed by atoms with Gasteiger partial charge in [-0.1, -0.05) is 25.7 Å². The first-order valence-electron chi connectivity index (χ1n) is 12.7. The molecule has 1 N–H and O–H groups in total. The molecule has 0 saturated carbocycles. The van der Waals surface area contributed by atoms with E-state index in [2.05, 4.69) is 32.2 Å². The summed E-state index contributed by atoms with van der Waals surface area (Å²) in [5, 5.41) is 7.11. The number of carbonyl (C=O) groups excluding carboxylic acids is 1. The predicted octanol–water partition coefficient (Wildman–Crippen LogP) is 3.89. The van der Waals surface area contributed by atoms with Gasteiger partial charge in [-0.15, -0.1) is 0 Å². The molecule has 202 valence electrons. The molecule has 4 aromatic heterocycles. The van der Waals surface area contributed by atoms with Crippen molar-refractivity contribution < 1.29 is 13.2 Å². The van der Waals surface area contributed by atoms with Crippen LogP contribution in [0.15, 0.2) is 84.4 Å². The number of carbonyl (C=O) groups is 1. The summed E-state index contributed by atoms with van der Waals surface area (Å²) in [4.78, 5) is 21.8. The maximum absolute atomic E-state index is 13.4. The van der Waals surface area contributed by atoms with E-state index in [9.17, 15) is 13.2 Å². The third kappa shape index (κ3) is 6.11. The lowest BCUT2D eigenvalue weighted by molar-refractivity contribution is 0.0950. The second-order valence-electron chi connectivity index (χ2n) is 9.74. The number of hydrogen-bond acceptors (Lipinski definition) is 6. The van der Waals surface area contributed by atoms with E-state index < -0.39 is 9.84 Å². The summed E-state index contributed by atoms with van der Waals surface area (Å²) in [6.45, 7) is 4.37. The number of imidazole rings is 1. The first kappa shape index (κ1) is 26.8. The maximum Gasteiger partial charge on any atom is 0.251 e. The smallest absolute Gasteiger partial charge is 0.251 e. The van der Waals surface area contributed by atoms with Crippen molar-refractivity contribution in [2.45, 2.75) is 37.0 Å². The minimum absolute atomic E-state index is 0.0464. The van der Waals surface area contributed by atoms with E-state index in [0.29, 0.717) is 16.8 Å². The fraction of sp³-hybridized carbons (Fsp3) is 0.200. The molecule has 0 bridgehead atoms. The van der Waals surface area contributed by atoms with Crippen LogP contribution in [0.1, 0.15) is 58.2 Å². The Morgan fingerprint density at radius 2 is 1.82 bits per heavy atom. The molecular weight excluding hydrogens is 524 g/mol. The number of fused-ring (bicyclic) bond motifs is 1. The minimum atomic E-state index is -3.80. The van der Waals surface area contributed by atoms with E-state index in [4.69, 9.17) is 0 Å². The van der Waals surface area contributed by atoms with E-state index in [1.165, 1.54) is 18.2 Å². The van der Waals surface area contributed by atoms with Gasteiger partial charge >= 0.3 is 0 Å². The molecule has 4 heterocycles. The molecule has 9 nitrogen and oxygen atoms in total. The lowest BCUT2D eigenvalue weighted by Gasteiger charge is -2.10. The summed E-state index contributed by atoms with van der Waals surface area (Å²) in [6, 6.07) is 13.6. The number of amides is 1. The van der Waals surface area contributed by atoms with Gasteiger partial charge in [0.15, 0.2) is 9.84 Å². The van der Waals surface area contributed by atoms with E-state index >= 15 is 0 Å². The molecule has 5 aromatic rings. The van der Waals surface area contributed by atoms with Crippen LogP contribution in [-0.4, -0.2) is 38.5 Å². The molecule has 5 rings (SSSR count). The Balaban J connectivity index is 1.46. The number of nitrogens with one attached hydrogen (secondary N) is 1. The lowest BCUT2D eigenvalue weighted by atomic mass is 10.1. The van der Waals surface area contributed by atoms with Crippen molar-refractivity contribution in [3.8, 4) is 11.8 Å². The Bertz CT molecular complexity index is 1880. The Kier molecular flexibility index (Phi) is 7.49. The number of hydrogen-bond donors (Lipinski definition) is 1. The van der Waals surface area contributed by atoms with Gasteiger partial charge in [0.25, 0.3) is 5.91 Å². The number of sulfone groups is 1. The maximum atomic E-state index is 13.4. The van der Waals surface area contributed by atoms with Crippen molar-refractivity contribution in [2.24, 2.45) is 7.05 Å². The van der Waals surface area contributed by atoms with Gasteiger partial charge in [-0.25, -0.2) is 13.4 Å². The summed E-state index contributed by atoms with van der Waals surface area (Å²) < 4.78 is 30.3. The zero-order valence-corrected chi connectivity index (χ0v) is 23.2. The standard InChI is InChI=1S/C30H28N6O3S/c1-21(2)27-16-22(8-11-31-27)4-5-24-18-25(6-7-28(24)40(38,39)20-26-10-13-35(3)34-26)30(37)33-19-23-9-14-36-15-12-32-29(36)17-23/h6-18,21H,19-20H2,1-3H3,(H,33,37). The van der Waals surface area contributed by atoms with Crippen molar-refractivity contribution in [3.05, 3.63) is 113 Å². The summed E-state index contributed by atoms with van der Waals surface area (Å²) >= 11 is 0. The molecule has 0 saturated heterocycles. The van der Waals surface area contributed by atoms with Crippen molar-refractivity contribution in [1.82, 2.24) is 29.5 Å². The first-order chi connectivity index (χ1) is 19.2. The molecule has 0 radical (unpaired) electrons. The van der Waals surface area contributed by atoms with Crippen molar-refractivity contribution >= 4 is 21.4 Å². The molecule has 0 aliphatic carbocycles. The number of nitrogens with zero attached hydrogens (tertiary/aromatic N) is 5. The zero-order chi connectivity index (χ0) is 28.3. The Morgan fingerprint density at radius 1 is 0.975 bits per heavy atom. The highest BCUT2D eigenvalue weighted by Gasteiger charge is 2.22. The second kappa shape index (κ2) is 11.2. The molecular formula is C30H28N6O3S. The van der Waals surface area contributed by atoms with E-state index in [-0.39, 0.29) is 34.6 Å². The van der Waals surface area contributed by atoms with Crippen LogP contribution in [0.2, 0.25) is 0 Å². The first-order valence-corrected chi connectivity index (χ1v) is 14.4. The molecule has 10 heteroatoms. The van der Waals surface area contributed by atoms with Crippen LogP contribution in [0.25, 0.3) is 5.65 Å². The molecule has 40 heavy (non-hydrogen) atoms. The van der Waals surface area contributed by atoms with E-state index in [1.807, 2.05) is 48.8 Å². The van der Waals surface area contributed by atoms with Crippen LogP contribution < -0.4 is 5.32 Å². The van der Waals surface area contributed by atoms with Crippen LogP contribution >= 0.6 is 0 Å². The molecule has 0 aliphatic heterocycles. The number of benzene rings is 1. The average Bonchev–Trinajstić information content (AvgIpc) is 3.58. The summed E-state index contributed by atoms with van der Waals surface area (Å²) in [6.07, 6.45) is 8.81. The molecule has 0 fully saturated rings. The predicted molar refractivity (Wildman–Crippen MR) is 151 cm³/mol. The van der Waals surface area contributed by atoms with Crippen LogP contribution in [0, 0.1) is 11.8 Å². The van der Waals surface area contributed by atoms with Gasteiger partial charge < -0.3 is 9.72 Å². The molecule has 0 spiro atoms. The average molecular weight is 553 g/mol. The SMILES string of the molecule is CC(C)c1cc(C#Cc2cc(C(=O)NCc3ccn4ccnc4c3)ccc2S(=O)(=O)Cc2ccn(C)n2)ccn1. The highest BCUT2D eigenvalue weighted by atomic mass is 32.2. The zero-order valence-electron chi connectivity index (χ0n) is 22.4. The molecule has 0 aliphatic rings. The Labute approximate surface area is 232 Å². The monoisotopic (exact) mass is 552 g/mol. The van der Waals surface area contributed by atoms with Crippen molar-refractivity contribution in [1.29, 1.82) is 0 Å². The normalized spacial score (nSPS) is 11.4. The van der Waals surface area contributed by atoms with Crippen LogP contribution in [0.3, 0.4) is 0 Å². The number of aryl methyl sites for hydroxylation is 1. The largest absolute Gasteiger partial charge is 0.348 e. The molecule has 0 atom stereocenters. The van der Waals surface area contributed by atoms with Gasteiger partial charge in [0, 0.05) is 67.0 Å². The number of rotatable bonds is 7. The number of aromatic nitrogens is 5. The Hall–Kier alpha value is -4.75. The number of pyridine rings is 2. The van der Waals surface area contributed by atoms with Crippen molar-refractivity contribution in [2.75, 3.05) is 0 Å². The van der Waals surface area contributed by atoms with Crippen LogP contribution in [0.5, 0.6) is 0 Å². The summed E-state index contributed by atoms with van der Waals surface area (Å²) in [7, 11) is -2.07. The fourth-order valence-electron chi connectivity index (χ4n) is 4.18. The van der Waals surface area contributed by atoms with Crippen LogP contribution in [-0.2, 0) is 29.2 Å². The highest BCUT2D eigenvalue weighted by molar-refractivity contribution is 7.90. The molecule has 0 unspecified atom stereocenters. The summed E-state index contributed by atoms with van der Waals surface area (Å²) in [5.74, 6) is 5.66. The third-order valence-corrected chi connectivity index (χ3v) is 8.01. The lowest BCUT2D eigenvalue weighted by Crippen LogP contribution is -2.23. The van der Waals surface area contributed by atoms with Gasteiger partial charge in [-0.2, -0.15) is 5.10 Å². The molecule has 1 amide bonds. The third-order valence-electron chi connectivity index (χ3n) is 6.31. The van der Waals surface area contributed by atoms with Gasteiger partial charge in [0.1, 0.15) is 5.65 Å². The van der Waals surface area contributed by atoms with Gasteiger partial charge in [-0.05, 0) is 60.0 Å². The molecule has 1 aromatic carbocycles.